The molecule has 0 spiro atoms. The second-order valence-electron chi connectivity index (χ2n) is 4.76. The highest BCUT2D eigenvalue weighted by atomic mass is 79.9. The van der Waals surface area contributed by atoms with Crippen molar-refractivity contribution in [2.75, 3.05) is 19.1 Å². The first-order chi connectivity index (χ1) is 11.9. The van der Waals surface area contributed by atoms with E-state index in [0.717, 1.165) is 0 Å². The van der Waals surface area contributed by atoms with Crippen LogP contribution in [0.15, 0.2) is 58.4 Å². The van der Waals surface area contributed by atoms with Crippen molar-refractivity contribution in [1.82, 2.24) is 0 Å². The first kappa shape index (κ1) is 18.5. The number of anilines is 1. The minimum atomic E-state index is -1.19. The van der Waals surface area contributed by atoms with Crippen molar-refractivity contribution in [3.63, 3.8) is 0 Å². The van der Waals surface area contributed by atoms with Crippen LogP contribution in [0.4, 0.5) is 5.69 Å². The summed E-state index contributed by atoms with van der Waals surface area (Å²) in [5.74, 6) is -2.76. The fourth-order valence-electron chi connectivity index (χ4n) is 2.27. The van der Waals surface area contributed by atoms with Crippen LogP contribution in [0.1, 0.15) is 10.4 Å². The Labute approximate surface area is 152 Å². The van der Waals surface area contributed by atoms with E-state index in [1.54, 1.807) is 18.2 Å². The van der Waals surface area contributed by atoms with E-state index < -0.39 is 17.9 Å². The lowest BCUT2D eigenvalue weighted by Crippen LogP contribution is -2.28. The second-order valence-corrected chi connectivity index (χ2v) is 5.61. The maximum atomic E-state index is 12.4. The zero-order valence-electron chi connectivity index (χ0n) is 13.4. The van der Waals surface area contributed by atoms with Gasteiger partial charge in [-0.3, -0.25) is 0 Å². The van der Waals surface area contributed by atoms with Crippen molar-refractivity contribution in [3.8, 4) is 0 Å². The largest absolute Gasteiger partial charge is 0.478 e. The Morgan fingerprint density at radius 1 is 1.08 bits per heavy atom. The number of hydrogen-bond acceptors (Lipinski definition) is 6. The Morgan fingerprint density at radius 3 is 2.36 bits per heavy atom. The minimum Gasteiger partial charge on any atom is -0.478 e. The maximum Gasteiger partial charge on any atom is 0.355 e. The van der Waals surface area contributed by atoms with Crippen LogP contribution in [0.25, 0.3) is 0 Å². The molecular formula is C17H14BrNO6. The van der Waals surface area contributed by atoms with Gasteiger partial charge in [0.05, 0.1) is 31.0 Å². The van der Waals surface area contributed by atoms with Crippen molar-refractivity contribution in [2.24, 2.45) is 0 Å². The van der Waals surface area contributed by atoms with E-state index in [1.165, 1.54) is 43.5 Å². The predicted molar refractivity (Wildman–Crippen MR) is 92.9 cm³/mol. The Bertz CT molecular complexity index is 824. The zero-order chi connectivity index (χ0) is 18.6. The number of carbonyl (C=O) groups excluding carboxylic acids is 2. The number of carbonyl (C=O) groups is 3. The zero-order valence-corrected chi connectivity index (χ0v) is 14.9. The van der Waals surface area contributed by atoms with Crippen LogP contribution in [0.5, 0.6) is 0 Å². The summed E-state index contributed by atoms with van der Waals surface area (Å²) in [6, 6.07) is 4.57. The van der Waals surface area contributed by atoms with Gasteiger partial charge in [-0.1, -0.05) is 12.1 Å². The summed E-state index contributed by atoms with van der Waals surface area (Å²) < 4.78 is 9.93. The summed E-state index contributed by atoms with van der Waals surface area (Å²) >= 11 is 3.30. The van der Waals surface area contributed by atoms with Gasteiger partial charge in [0.15, 0.2) is 0 Å². The molecule has 0 fully saturated rings. The van der Waals surface area contributed by atoms with Crippen molar-refractivity contribution < 1.29 is 29.0 Å². The van der Waals surface area contributed by atoms with E-state index in [1.807, 2.05) is 0 Å². The van der Waals surface area contributed by atoms with Gasteiger partial charge in [-0.05, 0) is 40.2 Å². The molecule has 0 aromatic heterocycles. The number of carboxylic acids is 1. The van der Waals surface area contributed by atoms with Gasteiger partial charge in [0.2, 0.25) is 0 Å². The van der Waals surface area contributed by atoms with E-state index in [-0.39, 0.29) is 22.5 Å². The third-order valence-corrected chi connectivity index (χ3v) is 3.99. The molecule has 1 heterocycles. The van der Waals surface area contributed by atoms with Crippen LogP contribution in [0, 0.1) is 0 Å². The molecule has 0 aliphatic carbocycles. The fourth-order valence-corrected chi connectivity index (χ4v) is 2.83. The number of halogens is 1. The summed E-state index contributed by atoms with van der Waals surface area (Å²) in [6.45, 7) is 0. The molecule has 1 aliphatic rings. The molecule has 0 amide bonds. The summed E-state index contributed by atoms with van der Waals surface area (Å²) in [4.78, 5) is 37.4. The Morgan fingerprint density at radius 2 is 1.76 bits per heavy atom. The van der Waals surface area contributed by atoms with Crippen LogP contribution in [0.2, 0.25) is 0 Å². The number of esters is 2. The molecule has 1 aliphatic heterocycles. The van der Waals surface area contributed by atoms with Gasteiger partial charge in [0.1, 0.15) is 5.70 Å². The van der Waals surface area contributed by atoms with E-state index in [0.29, 0.717) is 4.47 Å². The number of methoxy groups -OCH3 is 2. The third-order valence-electron chi connectivity index (χ3n) is 3.35. The molecule has 130 valence electrons. The predicted octanol–water partition coefficient (Wildman–Crippen LogP) is 2.64. The number of nitrogens with zero attached hydrogens (tertiary/aromatic N) is 1. The molecule has 1 aromatic rings. The van der Waals surface area contributed by atoms with Gasteiger partial charge >= 0.3 is 17.9 Å². The van der Waals surface area contributed by atoms with E-state index >= 15 is 0 Å². The van der Waals surface area contributed by atoms with E-state index in [9.17, 15) is 19.5 Å². The minimum absolute atomic E-state index is 0.0634. The monoisotopic (exact) mass is 407 g/mol. The Balaban J connectivity index is 2.81. The molecule has 0 unspecified atom stereocenters. The Kier molecular flexibility index (Phi) is 5.76. The SMILES string of the molecule is COC(=O)C1=C(C(=O)OC)N(c2c(Br)cccc2C(=O)O)C=CC=C1. The van der Waals surface area contributed by atoms with Gasteiger partial charge in [0, 0.05) is 10.7 Å². The lowest BCUT2D eigenvalue weighted by atomic mass is 10.1. The molecule has 1 N–H and O–H groups in total. The number of ether oxygens (including phenoxy) is 2. The van der Waals surface area contributed by atoms with Gasteiger partial charge < -0.3 is 19.5 Å². The molecule has 0 atom stereocenters. The average Bonchev–Trinajstić information content (AvgIpc) is 2.82. The normalized spacial score (nSPS) is 13.5. The highest BCUT2D eigenvalue weighted by Gasteiger charge is 2.30. The number of carboxylic acid groups (broad SMARTS) is 1. The molecule has 0 radical (unpaired) electrons. The van der Waals surface area contributed by atoms with Crippen molar-refractivity contribution in [1.29, 1.82) is 0 Å². The van der Waals surface area contributed by atoms with Crippen LogP contribution in [0.3, 0.4) is 0 Å². The first-order valence-electron chi connectivity index (χ1n) is 6.99. The molecule has 2 rings (SSSR count). The molecular weight excluding hydrogens is 394 g/mol. The molecule has 0 saturated heterocycles. The molecule has 0 bridgehead atoms. The van der Waals surface area contributed by atoms with Gasteiger partial charge in [-0.25, -0.2) is 14.4 Å². The molecule has 25 heavy (non-hydrogen) atoms. The van der Waals surface area contributed by atoms with Gasteiger partial charge in [-0.15, -0.1) is 0 Å². The van der Waals surface area contributed by atoms with Crippen LogP contribution >= 0.6 is 15.9 Å². The summed E-state index contributed by atoms with van der Waals surface area (Å²) in [5, 5.41) is 9.48. The van der Waals surface area contributed by atoms with E-state index in [4.69, 9.17) is 9.47 Å². The lowest BCUT2D eigenvalue weighted by molar-refractivity contribution is -0.139. The number of para-hydroxylation sites is 1. The summed E-state index contributed by atoms with van der Waals surface area (Å²) in [7, 11) is 2.35. The Hall–Kier alpha value is -2.87. The number of aromatic carboxylic acids is 1. The van der Waals surface area contributed by atoms with Crippen LogP contribution in [-0.2, 0) is 19.1 Å². The highest BCUT2D eigenvalue weighted by Crippen LogP contribution is 2.35. The highest BCUT2D eigenvalue weighted by molar-refractivity contribution is 9.10. The van der Waals surface area contributed by atoms with Crippen molar-refractivity contribution >= 4 is 39.5 Å². The average molecular weight is 408 g/mol. The number of rotatable bonds is 4. The summed E-state index contributed by atoms with van der Waals surface area (Å²) in [5.41, 5.74) is -0.108. The lowest BCUT2D eigenvalue weighted by Gasteiger charge is -2.25. The number of benzene rings is 1. The van der Waals surface area contributed by atoms with Crippen molar-refractivity contribution in [3.05, 3.63) is 63.9 Å². The molecule has 0 saturated carbocycles. The van der Waals surface area contributed by atoms with Gasteiger partial charge in [0.25, 0.3) is 0 Å². The standard InChI is InChI=1S/C17H14BrNO6/c1-24-16(22)11-6-3-4-9-19(14(11)17(23)25-2)13-10(15(20)21)7-5-8-12(13)18/h3-9H,1-2H3,(H,20,21). The molecule has 8 heteroatoms. The molecule has 7 nitrogen and oxygen atoms in total. The van der Waals surface area contributed by atoms with Crippen LogP contribution < -0.4 is 4.90 Å². The summed E-state index contributed by atoms with van der Waals surface area (Å²) in [6.07, 6.45) is 5.95. The first-order valence-corrected chi connectivity index (χ1v) is 7.78. The second kappa shape index (κ2) is 7.80. The maximum absolute atomic E-state index is 12.4. The smallest absolute Gasteiger partial charge is 0.355 e. The van der Waals surface area contributed by atoms with Crippen LogP contribution in [-0.4, -0.2) is 37.2 Å². The number of hydrogen-bond donors (Lipinski definition) is 1. The quantitative estimate of drug-likeness (QED) is 0.766. The van der Waals surface area contributed by atoms with E-state index in [2.05, 4.69) is 15.9 Å². The topological polar surface area (TPSA) is 93.1 Å². The third kappa shape index (κ3) is 3.63. The fraction of sp³-hybridized carbons (Fsp3) is 0.118. The van der Waals surface area contributed by atoms with Gasteiger partial charge in [-0.2, -0.15) is 0 Å². The number of allylic oxidation sites excluding steroid dienone is 2. The van der Waals surface area contributed by atoms with Crippen molar-refractivity contribution in [2.45, 2.75) is 0 Å². The molecule has 1 aromatic carbocycles.